The maximum atomic E-state index is 12.0. The summed E-state index contributed by atoms with van der Waals surface area (Å²) in [5, 5.41) is 0. The molecule has 0 aromatic heterocycles. The van der Waals surface area contributed by atoms with Crippen LogP contribution in [0.4, 0.5) is 4.79 Å². The van der Waals surface area contributed by atoms with Crippen LogP contribution in [0.25, 0.3) is 0 Å². The van der Waals surface area contributed by atoms with Crippen LogP contribution in [0.5, 0.6) is 0 Å². The summed E-state index contributed by atoms with van der Waals surface area (Å²) in [6.45, 7) is 8.62. The van der Waals surface area contributed by atoms with Crippen LogP contribution in [0.1, 0.15) is 47.0 Å². The molecule has 1 heterocycles. The van der Waals surface area contributed by atoms with Gasteiger partial charge in [-0.3, -0.25) is 0 Å². The number of hydrogen-bond donors (Lipinski definition) is 0. The number of likely N-dealkylation sites (tertiary alicyclic amines) is 1. The third-order valence-electron chi connectivity index (χ3n) is 2.71. The van der Waals surface area contributed by atoms with Crippen molar-refractivity contribution < 1.29 is 9.53 Å². The number of rotatable bonds is 1. The average Bonchev–Trinajstić information content (AvgIpc) is 2.15. The monoisotopic (exact) mass is 291 g/mol. The van der Waals surface area contributed by atoms with Crippen LogP contribution in [-0.2, 0) is 4.74 Å². The molecule has 0 radical (unpaired) electrons. The Morgan fingerprint density at radius 3 is 2.56 bits per heavy atom. The minimum atomic E-state index is -0.408. The Kier molecular flexibility index (Phi) is 4.65. The van der Waals surface area contributed by atoms with E-state index in [-0.39, 0.29) is 12.1 Å². The largest absolute Gasteiger partial charge is 0.444 e. The predicted octanol–water partition coefficient (Wildman–Crippen LogP) is 3.56. The summed E-state index contributed by atoms with van der Waals surface area (Å²) in [6.07, 6.45) is 3.16. The van der Waals surface area contributed by atoms with Crippen LogP contribution in [0.3, 0.4) is 0 Å². The van der Waals surface area contributed by atoms with E-state index in [4.69, 9.17) is 4.74 Å². The zero-order chi connectivity index (χ0) is 12.3. The zero-order valence-electron chi connectivity index (χ0n) is 10.6. The lowest BCUT2D eigenvalue weighted by atomic mass is 10.0. The highest BCUT2D eigenvalue weighted by Gasteiger charge is 2.32. The van der Waals surface area contributed by atoms with Crippen molar-refractivity contribution in [2.45, 2.75) is 63.4 Å². The number of carbonyl (C=O) groups excluding carboxylic acids is 1. The van der Waals surface area contributed by atoms with Gasteiger partial charge in [-0.1, -0.05) is 22.9 Å². The van der Waals surface area contributed by atoms with Crippen molar-refractivity contribution in [3.8, 4) is 0 Å². The fraction of sp³-hybridized carbons (Fsp3) is 0.917. The van der Waals surface area contributed by atoms with Gasteiger partial charge in [0, 0.05) is 17.4 Å². The first-order chi connectivity index (χ1) is 7.31. The topological polar surface area (TPSA) is 29.5 Å². The van der Waals surface area contributed by atoms with Crippen molar-refractivity contribution >= 4 is 22.0 Å². The number of amides is 1. The van der Waals surface area contributed by atoms with E-state index in [0.29, 0.717) is 4.83 Å². The van der Waals surface area contributed by atoms with Crippen molar-refractivity contribution in [2.75, 3.05) is 6.54 Å². The number of hydrogen-bond acceptors (Lipinski definition) is 2. The van der Waals surface area contributed by atoms with Crippen LogP contribution in [-0.4, -0.2) is 34.0 Å². The SMILES string of the molecule is C[C@H](Br)[C@@H]1CCCCN1C(=O)OC(C)(C)C. The predicted molar refractivity (Wildman–Crippen MR) is 69.0 cm³/mol. The standard InChI is InChI=1S/C12H22BrNO2/c1-9(13)10-7-5-6-8-14(10)11(15)16-12(2,3)4/h9-10H,5-8H2,1-4H3/t9-,10-/m0/s1. The van der Waals surface area contributed by atoms with Gasteiger partial charge in [0.15, 0.2) is 0 Å². The van der Waals surface area contributed by atoms with Crippen molar-refractivity contribution in [3.05, 3.63) is 0 Å². The molecule has 0 spiro atoms. The fourth-order valence-corrected chi connectivity index (χ4v) is 2.53. The minimum Gasteiger partial charge on any atom is -0.444 e. The Bertz CT molecular complexity index is 248. The number of halogens is 1. The average molecular weight is 292 g/mol. The molecular weight excluding hydrogens is 270 g/mol. The smallest absolute Gasteiger partial charge is 0.410 e. The van der Waals surface area contributed by atoms with Crippen molar-refractivity contribution in [1.29, 1.82) is 0 Å². The van der Waals surface area contributed by atoms with E-state index in [9.17, 15) is 4.79 Å². The van der Waals surface area contributed by atoms with Crippen molar-refractivity contribution in [3.63, 3.8) is 0 Å². The molecule has 0 unspecified atom stereocenters. The van der Waals surface area contributed by atoms with E-state index >= 15 is 0 Å². The second-order valence-electron chi connectivity index (χ2n) is 5.41. The van der Waals surface area contributed by atoms with E-state index in [1.807, 2.05) is 25.7 Å². The Balaban J connectivity index is 2.64. The van der Waals surface area contributed by atoms with E-state index in [1.54, 1.807) is 0 Å². The van der Waals surface area contributed by atoms with Crippen LogP contribution in [0.2, 0.25) is 0 Å². The van der Waals surface area contributed by atoms with E-state index in [1.165, 1.54) is 6.42 Å². The molecule has 4 heteroatoms. The number of nitrogens with zero attached hydrogens (tertiary/aromatic N) is 1. The lowest BCUT2D eigenvalue weighted by molar-refractivity contribution is 0.0103. The second-order valence-corrected chi connectivity index (χ2v) is 6.86. The molecule has 94 valence electrons. The number of ether oxygens (including phenoxy) is 1. The highest BCUT2D eigenvalue weighted by atomic mass is 79.9. The molecule has 0 bridgehead atoms. The maximum Gasteiger partial charge on any atom is 0.410 e. The van der Waals surface area contributed by atoms with Gasteiger partial charge in [0.05, 0.1) is 0 Å². The number of alkyl halides is 1. The first kappa shape index (κ1) is 13.8. The normalized spacial score (nSPS) is 24.1. The molecule has 1 fully saturated rings. The summed E-state index contributed by atoms with van der Waals surface area (Å²) in [6, 6.07) is 0.267. The van der Waals surface area contributed by atoms with Crippen LogP contribution >= 0.6 is 15.9 Å². The van der Waals surface area contributed by atoms with Crippen molar-refractivity contribution in [2.24, 2.45) is 0 Å². The van der Waals surface area contributed by atoms with Crippen LogP contribution in [0.15, 0.2) is 0 Å². The summed E-state index contributed by atoms with van der Waals surface area (Å²) < 4.78 is 5.42. The van der Waals surface area contributed by atoms with Gasteiger partial charge >= 0.3 is 6.09 Å². The summed E-state index contributed by atoms with van der Waals surface area (Å²) in [7, 11) is 0. The van der Waals surface area contributed by atoms with Crippen LogP contribution < -0.4 is 0 Å². The first-order valence-corrected chi connectivity index (χ1v) is 6.86. The molecule has 3 nitrogen and oxygen atoms in total. The minimum absolute atomic E-state index is 0.177. The molecule has 1 rings (SSSR count). The van der Waals surface area contributed by atoms with E-state index in [0.717, 1.165) is 19.4 Å². The molecule has 0 aromatic rings. The Morgan fingerprint density at radius 1 is 1.44 bits per heavy atom. The molecule has 2 atom stereocenters. The lowest BCUT2D eigenvalue weighted by Crippen LogP contribution is -2.49. The molecule has 16 heavy (non-hydrogen) atoms. The maximum absolute atomic E-state index is 12.0. The Labute approximate surface area is 107 Å². The van der Waals surface area contributed by atoms with Gasteiger partial charge in [-0.25, -0.2) is 4.79 Å². The van der Waals surface area contributed by atoms with Gasteiger partial charge in [0.25, 0.3) is 0 Å². The van der Waals surface area contributed by atoms with Gasteiger partial charge in [-0.2, -0.15) is 0 Å². The van der Waals surface area contributed by atoms with Crippen LogP contribution in [0, 0.1) is 0 Å². The first-order valence-electron chi connectivity index (χ1n) is 5.95. The molecule has 0 aromatic carbocycles. The highest BCUT2D eigenvalue weighted by Crippen LogP contribution is 2.25. The lowest BCUT2D eigenvalue weighted by Gasteiger charge is -2.38. The molecule has 1 aliphatic rings. The molecule has 0 saturated carbocycles. The Hall–Kier alpha value is -0.250. The van der Waals surface area contributed by atoms with E-state index < -0.39 is 5.60 Å². The summed E-state index contributed by atoms with van der Waals surface area (Å²) in [4.78, 5) is 14.2. The quantitative estimate of drug-likeness (QED) is 0.692. The fourth-order valence-electron chi connectivity index (χ4n) is 1.98. The number of carbonyl (C=O) groups is 1. The summed E-state index contributed by atoms with van der Waals surface area (Å²) >= 11 is 3.57. The van der Waals surface area contributed by atoms with Gasteiger partial charge in [-0.15, -0.1) is 0 Å². The third-order valence-corrected chi connectivity index (χ3v) is 3.32. The van der Waals surface area contributed by atoms with Gasteiger partial charge < -0.3 is 9.64 Å². The zero-order valence-corrected chi connectivity index (χ0v) is 12.2. The summed E-state index contributed by atoms with van der Waals surface area (Å²) in [5.41, 5.74) is -0.408. The number of piperidine rings is 1. The van der Waals surface area contributed by atoms with Gasteiger partial charge in [0.1, 0.15) is 5.60 Å². The van der Waals surface area contributed by atoms with Gasteiger partial charge in [-0.05, 0) is 40.0 Å². The van der Waals surface area contributed by atoms with Crippen molar-refractivity contribution in [1.82, 2.24) is 4.90 Å². The second kappa shape index (κ2) is 5.39. The third kappa shape index (κ3) is 3.96. The molecule has 0 aliphatic carbocycles. The highest BCUT2D eigenvalue weighted by molar-refractivity contribution is 9.09. The Morgan fingerprint density at radius 2 is 2.06 bits per heavy atom. The molecule has 1 aliphatic heterocycles. The van der Waals surface area contributed by atoms with Gasteiger partial charge in [0.2, 0.25) is 0 Å². The molecule has 1 saturated heterocycles. The molecule has 0 N–H and O–H groups in total. The molecular formula is C12H22BrNO2. The molecule has 1 amide bonds. The summed E-state index contributed by atoms with van der Waals surface area (Å²) in [5.74, 6) is 0. The van der Waals surface area contributed by atoms with E-state index in [2.05, 4.69) is 22.9 Å².